The molecule has 0 unspecified atom stereocenters. The van der Waals surface area contributed by atoms with Crippen molar-refractivity contribution in [3.05, 3.63) is 83.4 Å². The molecule has 0 fully saturated rings. The second-order valence-electron chi connectivity index (χ2n) is 6.18. The molecule has 27 heavy (non-hydrogen) atoms. The number of Topliss-reactive ketones (excluding diaryl/α,β-unsaturated/α-hetero) is 1. The standard InChI is InChI=1S/C22H16ClN3O/c1-14(27)15-7-10-18(11-8-15)24-22-25-20-13-17(23)9-12-19(20)21(26-22)16-5-3-2-4-6-16/h2-13H,1H3,(H,24,25,26). The van der Waals surface area contributed by atoms with Gasteiger partial charge in [0.15, 0.2) is 5.78 Å². The molecule has 0 saturated heterocycles. The minimum atomic E-state index is 0.0320. The number of hydrogen-bond donors (Lipinski definition) is 1. The molecule has 0 spiro atoms. The predicted octanol–water partition coefficient (Wildman–Crippen LogP) is 5.90. The minimum absolute atomic E-state index is 0.0320. The Labute approximate surface area is 161 Å². The first kappa shape index (κ1) is 17.2. The lowest BCUT2D eigenvalue weighted by Crippen LogP contribution is -2.00. The molecule has 0 amide bonds. The molecule has 1 aromatic heterocycles. The average Bonchev–Trinajstić information content (AvgIpc) is 2.68. The maximum atomic E-state index is 11.4. The number of halogens is 1. The summed E-state index contributed by atoms with van der Waals surface area (Å²) in [6.45, 7) is 1.55. The smallest absolute Gasteiger partial charge is 0.228 e. The van der Waals surface area contributed by atoms with Gasteiger partial charge in [0.2, 0.25) is 5.95 Å². The van der Waals surface area contributed by atoms with Gasteiger partial charge in [0.25, 0.3) is 0 Å². The third-order valence-corrected chi connectivity index (χ3v) is 4.49. The molecule has 1 heterocycles. The summed E-state index contributed by atoms with van der Waals surface area (Å²) in [5.41, 5.74) is 4.07. The van der Waals surface area contributed by atoms with Crippen molar-refractivity contribution in [1.29, 1.82) is 0 Å². The molecule has 4 rings (SSSR count). The van der Waals surface area contributed by atoms with Gasteiger partial charge in [-0.2, -0.15) is 0 Å². The molecule has 4 nitrogen and oxygen atoms in total. The Balaban J connectivity index is 1.80. The summed E-state index contributed by atoms with van der Waals surface area (Å²) in [4.78, 5) is 20.8. The Hall–Kier alpha value is -3.24. The Morgan fingerprint density at radius 1 is 0.926 bits per heavy atom. The molecule has 1 N–H and O–H groups in total. The van der Waals surface area contributed by atoms with E-state index in [0.29, 0.717) is 16.5 Å². The molecule has 0 bridgehead atoms. The Morgan fingerprint density at radius 2 is 1.67 bits per heavy atom. The first-order chi connectivity index (χ1) is 13.1. The number of hydrogen-bond acceptors (Lipinski definition) is 4. The summed E-state index contributed by atoms with van der Waals surface area (Å²) in [5, 5.41) is 4.77. The molecule has 0 atom stereocenters. The van der Waals surface area contributed by atoms with E-state index in [1.807, 2.05) is 60.7 Å². The molecule has 4 aromatic rings. The van der Waals surface area contributed by atoms with E-state index >= 15 is 0 Å². The molecule has 0 saturated carbocycles. The van der Waals surface area contributed by atoms with Crippen LogP contribution in [0.3, 0.4) is 0 Å². The van der Waals surface area contributed by atoms with Gasteiger partial charge in [-0.1, -0.05) is 41.9 Å². The van der Waals surface area contributed by atoms with Gasteiger partial charge in [-0.25, -0.2) is 9.97 Å². The van der Waals surface area contributed by atoms with Crippen LogP contribution in [0.15, 0.2) is 72.8 Å². The fraction of sp³-hybridized carbons (Fsp3) is 0.0455. The largest absolute Gasteiger partial charge is 0.324 e. The van der Waals surface area contributed by atoms with Crippen LogP contribution < -0.4 is 5.32 Å². The zero-order valence-electron chi connectivity index (χ0n) is 14.6. The van der Waals surface area contributed by atoms with Crippen molar-refractivity contribution in [3.8, 4) is 11.3 Å². The summed E-state index contributed by atoms with van der Waals surface area (Å²) < 4.78 is 0. The number of nitrogens with one attached hydrogen (secondary N) is 1. The number of benzene rings is 3. The first-order valence-electron chi connectivity index (χ1n) is 8.51. The number of fused-ring (bicyclic) bond motifs is 1. The molecule has 0 aliphatic carbocycles. The molecular weight excluding hydrogens is 358 g/mol. The van der Waals surface area contributed by atoms with Gasteiger partial charge in [-0.05, 0) is 49.4 Å². The van der Waals surface area contributed by atoms with E-state index in [-0.39, 0.29) is 5.78 Å². The third-order valence-electron chi connectivity index (χ3n) is 4.25. The van der Waals surface area contributed by atoms with Crippen LogP contribution in [-0.2, 0) is 0 Å². The average molecular weight is 374 g/mol. The van der Waals surface area contributed by atoms with E-state index in [0.717, 1.165) is 27.8 Å². The summed E-state index contributed by atoms with van der Waals surface area (Å²) in [7, 11) is 0. The Morgan fingerprint density at radius 3 is 2.37 bits per heavy atom. The van der Waals surface area contributed by atoms with Crippen molar-refractivity contribution in [1.82, 2.24) is 9.97 Å². The van der Waals surface area contributed by atoms with Crippen molar-refractivity contribution >= 4 is 39.9 Å². The van der Waals surface area contributed by atoms with Crippen molar-refractivity contribution in [2.45, 2.75) is 6.92 Å². The van der Waals surface area contributed by atoms with Crippen LogP contribution in [0.4, 0.5) is 11.6 Å². The van der Waals surface area contributed by atoms with Crippen LogP contribution in [0.25, 0.3) is 22.2 Å². The number of carbonyl (C=O) groups is 1. The van der Waals surface area contributed by atoms with E-state index in [4.69, 9.17) is 16.6 Å². The van der Waals surface area contributed by atoms with E-state index in [9.17, 15) is 4.79 Å². The molecule has 132 valence electrons. The highest BCUT2D eigenvalue weighted by atomic mass is 35.5. The van der Waals surface area contributed by atoms with Crippen molar-refractivity contribution in [2.75, 3.05) is 5.32 Å². The van der Waals surface area contributed by atoms with Gasteiger partial charge in [0.1, 0.15) is 0 Å². The SMILES string of the molecule is CC(=O)c1ccc(Nc2nc(-c3ccccc3)c3ccc(Cl)cc3n2)cc1. The lowest BCUT2D eigenvalue weighted by atomic mass is 10.1. The summed E-state index contributed by atoms with van der Waals surface area (Å²) >= 11 is 6.16. The van der Waals surface area contributed by atoms with Crippen LogP contribution in [0.1, 0.15) is 17.3 Å². The van der Waals surface area contributed by atoms with Crippen LogP contribution in [0.2, 0.25) is 5.02 Å². The summed E-state index contributed by atoms with van der Waals surface area (Å²) in [6, 6.07) is 22.8. The van der Waals surface area contributed by atoms with E-state index < -0.39 is 0 Å². The highest BCUT2D eigenvalue weighted by molar-refractivity contribution is 6.31. The highest BCUT2D eigenvalue weighted by Crippen LogP contribution is 2.29. The number of aromatic nitrogens is 2. The lowest BCUT2D eigenvalue weighted by molar-refractivity contribution is 0.101. The number of rotatable bonds is 4. The molecule has 0 aliphatic rings. The van der Waals surface area contributed by atoms with Gasteiger partial charge < -0.3 is 5.32 Å². The number of anilines is 2. The van der Waals surface area contributed by atoms with Crippen LogP contribution in [0, 0.1) is 0 Å². The van der Waals surface area contributed by atoms with Gasteiger partial charge in [-0.3, -0.25) is 4.79 Å². The third kappa shape index (κ3) is 3.66. The second-order valence-corrected chi connectivity index (χ2v) is 6.62. The molecule has 0 aliphatic heterocycles. The van der Waals surface area contributed by atoms with Crippen LogP contribution in [0.5, 0.6) is 0 Å². The molecule has 5 heteroatoms. The van der Waals surface area contributed by atoms with E-state index in [1.54, 1.807) is 19.1 Å². The second kappa shape index (κ2) is 7.17. The van der Waals surface area contributed by atoms with Crippen molar-refractivity contribution in [3.63, 3.8) is 0 Å². The fourth-order valence-corrected chi connectivity index (χ4v) is 3.06. The van der Waals surface area contributed by atoms with Crippen molar-refractivity contribution < 1.29 is 4.79 Å². The van der Waals surface area contributed by atoms with Gasteiger partial charge in [0.05, 0.1) is 11.2 Å². The van der Waals surface area contributed by atoms with Gasteiger partial charge >= 0.3 is 0 Å². The first-order valence-corrected chi connectivity index (χ1v) is 8.89. The Kier molecular flexibility index (Phi) is 4.57. The molecular formula is C22H16ClN3O. The predicted molar refractivity (Wildman–Crippen MR) is 110 cm³/mol. The number of ketones is 1. The van der Waals surface area contributed by atoms with E-state index in [2.05, 4.69) is 10.3 Å². The lowest BCUT2D eigenvalue weighted by Gasteiger charge is -2.11. The zero-order valence-corrected chi connectivity index (χ0v) is 15.4. The van der Waals surface area contributed by atoms with Crippen LogP contribution in [-0.4, -0.2) is 15.8 Å². The van der Waals surface area contributed by atoms with Gasteiger partial charge in [0, 0.05) is 27.2 Å². The highest BCUT2D eigenvalue weighted by Gasteiger charge is 2.11. The normalized spacial score (nSPS) is 10.7. The maximum Gasteiger partial charge on any atom is 0.228 e. The monoisotopic (exact) mass is 373 g/mol. The Bertz CT molecular complexity index is 1130. The van der Waals surface area contributed by atoms with Gasteiger partial charge in [-0.15, -0.1) is 0 Å². The molecule has 3 aromatic carbocycles. The number of nitrogens with zero attached hydrogens (tertiary/aromatic N) is 2. The minimum Gasteiger partial charge on any atom is -0.324 e. The number of carbonyl (C=O) groups excluding carboxylic acids is 1. The van der Waals surface area contributed by atoms with Crippen LogP contribution >= 0.6 is 11.6 Å². The zero-order chi connectivity index (χ0) is 18.8. The van der Waals surface area contributed by atoms with E-state index in [1.165, 1.54) is 0 Å². The molecule has 0 radical (unpaired) electrons. The van der Waals surface area contributed by atoms with Crippen molar-refractivity contribution in [2.24, 2.45) is 0 Å². The maximum absolute atomic E-state index is 11.4. The fourth-order valence-electron chi connectivity index (χ4n) is 2.89. The topological polar surface area (TPSA) is 54.9 Å². The summed E-state index contributed by atoms with van der Waals surface area (Å²) in [6.07, 6.45) is 0. The summed E-state index contributed by atoms with van der Waals surface area (Å²) in [5.74, 6) is 0.503. The quantitative estimate of drug-likeness (QED) is 0.453.